The minimum atomic E-state index is -0.280. The second-order valence-electron chi connectivity index (χ2n) is 4.28. The fraction of sp³-hybridized carbons (Fsp3) is 0.143. The van der Waals surface area contributed by atoms with Crippen molar-refractivity contribution in [3.05, 3.63) is 57.9 Å². The summed E-state index contributed by atoms with van der Waals surface area (Å²) in [6, 6.07) is 6.75. The molecule has 96 valence electrons. The first-order valence-corrected chi connectivity index (χ1v) is 6.02. The quantitative estimate of drug-likeness (QED) is 0.705. The second kappa shape index (κ2) is 4.28. The van der Waals surface area contributed by atoms with E-state index in [0.29, 0.717) is 34.3 Å². The van der Waals surface area contributed by atoms with Gasteiger partial charge in [-0.2, -0.15) is 0 Å². The molecule has 0 atom stereocenters. The van der Waals surface area contributed by atoms with Gasteiger partial charge in [0, 0.05) is 12.0 Å². The van der Waals surface area contributed by atoms with E-state index in [1.165, 1.54) is 6.26 Å². The summed E-state index contributed by atoms with van der Waals surface area (Å²) in [7, 11) is 0. The van der Waals surface area contributed by atoms with Gasteiger partial charge in [0.05, 0.1) is 22.9 Å². The van der Waals surface area contributed by atoms with Gasteiger partial charge in [-0.25, -0.2) is 4.79 Å². The molecule has 0 saturated heterocycles. The Morgan fingerprint density at radius 2 is 2.00 bits per heavy atom. The predicted molar refractivity (Wildman–Crippen MR) is 70.4 cm³/mol. The van der Waals surface area contributed by atoms with Crippen LogP contribution in [0.15, 0.2) is 39.7 Å². The topological polar surface area (TPSA) is 78.9 Å². The summed E-state index contributed by atoms with van der Waals surface area (Å²) in [5.74, 6) is 0.571. The van der Waals surface area contributed by atoms with Crippen molar-refractivity contribution in [3.63, 3.8) is 0 Å². The first kappa shape index (κ1) is 11.5. The number of aromatic amines is 2. The minimum absolute atomic E-state index is 0.102. The van der Waals surface area contributed by atoms with E-state index in [4.69, 9.17) is 4.42 Å². The van der Waals surface area contributed by atoms with Crippen molar-refractivity contribution in [3.8, 4) is 0 Å². The fourth-order valence-corrected chi connectivity index (χ4v) is 2.15. The summed E-state index contributed by atoms with van der Waals surface area (Å²) in [5, 5.41) is 0. The van der Waals surface area contributed by atoms with Gasteiger partial charge in [-0.05, 0) is 24.3 Å². The fourth-order valence-electron chi connectivity index (χ4n) is 2.15. The van der Waals surface area contributed by atoms with Gasteiger partial charge in [0.2, 0.25) is 0 Å². The smallest absolute Gasteiger partial charge is 0.323 e. The van der Waals surface area contributed by atoms with Crippen molar-refractivity contribution < 1.29 is 9.21 Å². The lowest BCUT2D eigenvalue weighted by Gasteiger charge is -2.00. The molecule has 2 heterocycles. The molecule has 5 heteroatoms. The molecular weight excluding hydrogens is 244 g/mol. The van der Waals surface area contributed by atoms with Crippen LogP contribution in [0.1, 0.15) is 28.6 Å². The summed E-state index contributed by atoms with van der Waals surface area (Å²) < 4.78 is 5.26. The van der Waals surface area contributed by atoms with Crippen LogP contribution >= 0.6 is 0 Å². The molecule has 0 aliphatic heterocycles. The van der Waals surface area contributed by atoms with Crippen LogP contribution in [-0.2, 0) is 6.42 Å². The van der Waals surface area contributed by atoms with E-state index >= 15 is 0 Å². The number of hydrogen-bond donors (Lipinski definition) is 2. The number of aryl methyl sites for hydroxylation is 1. The molecule has 19 heavy (non-hydrogen) atoms. The highest BCUT2D eigenvalue weighted by atomic mass is 16.3. The van der Waals surface area contributed by atoms with Gasteiger partial charge >= 0.3 is 5.69 Å². The molecule has 3 rings (SSSR count). The monoisotopic (exact) mass is 256 g/mol. The number of nitrogens with one attached hydrogen (secondary N) is 2. The lowest BCUT2D eigenvalue weighted by atomic mass is 10.0. The van der Waals surface area contributed by atoms with Crippen LogP contribution in [0.5, 0.6) is 0 Å². The number of furan rings is 1. The number of H-pyrrole nitrogens is 2. The van der Waals surface area contributed by atoms with Crippen LogP contribution in [-0.4, -0.2) is 15.8 Å². The molecule has 0 unspecified atom stereocenters. The summed E-state index contributed by atoms with van der Waals surface area (Å²) >= 11 is 0. The van der Waals surface area contributed by atoms with E-state index in [2.05, 4.69) is 9.97 Å². The van der Waals surface area contributed by atoms with Crippen molar-refractivity contribution in [1.82, 2.24) is 9.97 Å². The number of carbonyl (C=O) groups excluding carboxylic acids is 1. The number of carbonyl (C=O) groups is 1. The van der Waals surface area contributed by atoms with Gasteiger partial charge < -0.3 is 14.4 Å². The lowest BCUT2D eigenvalue weighted by molar-refractivity contribution is 0.103. The van der Waals surface area contributed by atoms with Gasteiger partial charge in [-0.1, -0.05) is 6.92 Å². The van der Waals surface area contributed by atoms with E-state index < -0.39 is 0 Å². The molecule has 0 spiro atoms. The first-order valence-electron chi connectivity index (χ1n) is 6.02. The van der Waals surface area contributed by atoms with Gasteiger partial charge in [-0.15, -0.1) is 0 Å². The van der Waals surface area contributed by atoms with Crippen molar-refractivity contribution >= 4 is 16.8 Å². The van der Waals surface area contributed by atoms with Gasteiger partial charge in [0.1, 0.15) is 5.76 Å². The molecule has 0 aliphatic rings. The molecular formula is C14H12N2O3. The zero-order valence-corrected chi connectivity index (χ0v) is 10.3. The zero-order chi connectivity index (χ0) is 13.4. The highest BCUT2D eigenvalue weighted by Gasteiger charge is 2.16. The summed E-state index contributed by atoms with van der Waals surface area (Å²) in [6.45, 7) is 1.93. The maximum atomic E-state index is 12.4. The van der Waals surface area contributed by atoms with Crippen molar-refractivity contribution in [2.24, 2.45) is 0 Å². The number of hydrogen-bond acceptors (Lipinski definition) is 3. The molecule has 2 N–H and O–H groups in total. The molecule has 2 aromatic heterocycles. The molecule has 0 fully saturated rings. The van der Waals surface area contributed by atoms with Crippen LogP contribution in [0.3, 0.4) is 0 Å². The molecule has 5 nitrogen and oxygen atoms in total. The van der Waals surface area contributed by atoms with Crippen molar-refractivity contribution in [1.29, 1.82) is 0 Å². The number of rotatable bonds is 3. The number of ketones is 1. The standard InChI is InChI=1S/C14H12N2O3/c1-2-12-9(5-6-19-12)13(17)8-3-4-10-11(7-8)16-14(18)15-10/h3-7H,2H2,1H3,(H2,15,16,18). The molecule has 0 bridgehead atoms. The van der Waals surface area contributed by atoms with Gasteiger partial charge in [0.25, 0.3) is 0 Å². The Morgan fingerprint density at radius 1 is 1.21 bits per heavy atom. The van der Waals surface area contributed by atoms with Gasteiger partial charge in [0.15, 0.2) is 5.78 Å². The molecule has 0 aliphatic carbocycles. The number of aromatic nitrogens is 2. The Kier molecular flexibility index (Phi) is 2.59. The van der Waals surface area contributed by atoms with Crippen LogP contribution in [0.2, 0.25) is 0 Å². The third-order valence-electron chi connectivity index (χ3n) is 3.09. The van der Waals surface area contributed by atoms with E-state index in [-0.39, 0.29) is 11.5 Å². The average molecular weight is 256 g/mol. The highest BCUT2D eigenvalue weighted by Crippen LogP contribution is 2.18. The van der Waals surface area contributed by atoms with E-state index in [1.54, 1.807) is 24.3 Å². The van der Waals surface area contributed by atoms with Crippen molar-refractivity contribution in [2.45, 2.75) is 13.3 Å². The Morgan fingerprint density at radius 3 is 2.79 bits per heavy atom. The van der Waals surface area contributed by atoms with Gasteiger partial charge in [-0.3, -0.25) is 4.79 Å². The van der Waals surface area contributed by atoms with E-state index in [9.17, 15) is 9.59 Å². The summed E-state index contributed by atoms with van der Waals surface area (Å²) in [5.41, 5.74) is 2.12. The number of fused-ring (bicyclic) bond motifs is 1. The van der Waals surface area contributed by atoms with E-state index in [1.807, 2.05) is 6.92 Å². The van der Waals surface area contributed by atoms with Crippen molar-refractivity contribution in [2.75, 3.05) is 0 Å². The Hall–Kier alpha value is -2.56. The third kappa shape index (κ3) is 1.89. The largest absolute Gasteiger partial charge is 0.469 e. The maximum absolute atomic E-state index is 12.4. The normalized spacial score (nSPS) is 11.0. The minimum Gasteiger partial charge on any atom is -0.469 e. The SMILES string of the molecule is CCc1occc1C(=O)c1ccc2[nH]c(=O)[nH]c2c1. The highest BCUT2D eigenvalue weighted by molar-refractivity contribution is 6.10. The third-order valence-corrected chi connectivity index (χ3v) is 3.09. The molecule has 0 radical (unpaired) electrons. The van der Waals surface area contributed by atoms with Crippen LogP contribution in [0.25, 0.3) is 11.0 Å². The summed E-state index contributed by atoms with van der Waals surface area (Å²) in [4.78, 5) is 28.8. The lowest BCUT2D eigenvalue weighted by Crippen LogP contribution is -2.02. The van der Waals surface area contributed by atoms with Crippen LogP contribution < -0.4 is 5.69 Å². The Bertz CT molecular complexity index is 807. The maximum Gasteiger partial charge on any atom is 0.323 e. The zero-order valence-electron chi connectivity index (χ0n) is 10.3. The molecule has 3 aromatic rings. The Balaban J connectivity index is 2.08. The number of benzene rings is 1. The molecule has 0 amide bonds. The average Bonchev–Trinajstić information content (AvgIpc) is 3.01. The molecule has 1 aromatic carbocycles. The number of imidazole rings is 1. The Labute approximate surface area is 108 Å². The predicted octanol–water partition coefficient (Wildman–Crippen LogP) is 2.24. The van der Waals surface area contributed by atoms with Crippen LogP contribution in [0.4, 0.5) is 0 Å². The second-order valence-corrected chi connectivity index (χ2v) is 4.28. The summed E-state index contributed by atoms with van der Waals surface area (Å²) in [6.07, 6.45) is 2.18. The molecule has 0 saturated carbocycles. The first-order chi connectivity index (χ1) is 9.19. The van der Waals surface area contributed by atoms with Crippen LogP contribution in [0, 0.1) is 0 Å². The van der Waals surface area contributed by atoms with E-state index in [0.717, 1.165) is 0 Å².